The van der Waals surface area contributed by atoms with Crippen molar-refractivity contribution in [3.05, 3.63) is 35.4 Å². The minimum Gasteiger partial charge on any atom is -0.313 e. The number of aryl methyl sites for hydroxylation is 1. The molecule has 0 spiro atoms. The molecule has 1 aromatic rings. The number of hydrogen-bond acceptors (Lipinski definition) is 2. The van der Waals surface area contributed by atoms with E-state index in [-0.39, 0.29) is 0 Å². The first-order valence-electron chi connectivity index (χ1n) is 6.60. The molecule has 0 aliphatic carbocycles. The maximum absolute atomic E-state index is 3.52. The topological polar surface area (TPSA) is 15.3 Å². The number of likely N-dealkylation sites (N-methyl/N-ethyl adjacent to an activating group) is 1. The minimum atomic E-state index is 0.627. The van der Waals surface area contributed by atoms with Crippen LogP contribution in [0.1, 0.15) is 31.4 Å². The molecule has 0 saturated heterocycles. The lowest BCUT2D eigenvalue weighted by molar-refractivity contribution is 0.317. The first kappa shape index (κ1) is 14.2. The highest BCUT2D eigenvalue weighted by Crippen LogP contribution is 2.08. The van der Waals surface area contributed by atoms with Gasteiger partial charge in [0.05, 0.1) is 0 Å². The highest BCUT2D eigenvalue weighted by atomic mass is 15.1. The lowest BCUT2D eigenvalue weighted by Crippen LogP contribution is -2.33. The molecule has 0 aromatic heterocycles. The number of hydrogen-bond donors (Lipinski definition) is 1. The summed E-state index contributed by atoms with van der Waals surface area (Å²) in [5.41, 5.74) is 2.81. The third kappa shape index (κ3) is 5.33. The van der Waals surface area contributed by atoms with E-state index in [1.807, 2.05) is 0 Å². The Bertz CT molecular complexity index is 322. The van der Waals surface area contributed by atoms with Crippen LogP contribution in [0.4, 0.5) is 0 Å². The van der Waals surface area contributed by atoms with Gasteiger partial charge in [0, 0.05) is 25.7 Å². The van der Waals surface area contributed by atoms with Crippen LogP contribution < -0.4 is 5.32 Å². The fourth-order valence-electron chi connectivity index (χ4n) is 1.80. The van der Waals surface area contributed by atoms with E-state index in [4.69, 9.17) is 0 Å². The lowest BCUT2D eigenvalue weighted by atomic mass is 10.1. The summed E-state index contributed by atoms with van der Waals surface area (Å²) in [6.45, 7) is 9.83. The smallest absolute Gasteiger partial charge is 0.0233 e. The number of nitrogens with one attached hydrogen (secondary N) is 1. The van der Waals surface area contributed by atoms with E-state index in [0.717, 1.165) is 19.6 Å². The van der Waals surface area contributed by atoms with Gasteiger partial charge in [-0.25, -0.2) is 0 Å². The summed E-state index contributed by atoms with van der Waals surface area (Å²) in [5.74, 6) is 0. The number of benzene rings is 1. The molecule has 17 heavy (non-hydrogen) atoms. The van der Waals surface area contributed by atoms with Crippen LogP contribution in [-0.2, 0) is 6.54 Å². The van der Waals surface area contributed by atoms with Gasteiger partial charge in [-0.1, -0.05) is 31.2 Å². The molecule has 1 atom stereocenters. The van der Waals surface area contributed by atoms with E-state index in [0.29, 0.717) is 6.04 Å². The fourth-order valence-corrected chi connectivity index (χ4v) is 1.80. The summed E-state index contributed by atoms with van der Waals surface area (Å²) in [4.78, 5) is 2.37. The Kier molecular flexibility index (Phi) is 6.23. The van der Waals surface area contributed by atoms with Gasteiger partial charge in [-0.15, -0.1) is 0 Å². The summed E-state index contributed by atoms with van der Waals surface area (Å²) in [6.07, 6.45) is 1.20. The van der Waals surface area contributed by atoms with Crippen LogP contribution in [0, 0.1) is 6.92 Å². The van der Waals surface area contributed by atoms with Crippen LogP contribution in [0.3, 0.4) is 0 Å². The first-order valence-corrected chi connectivity index (χ1v) is 6.60. The number of rotatable bonds is 7. The van der Waals surface area contributed by atoms with E-state index < -0.39 is 0 Å². The lowest BCUT2D eigenvalue weighted by Gasteiger charge is -2.19. The van der Waals surface area contributed by atoms with Gasteiger partial charge >= 0.3 is 0 Å². The van der Waals surface area contributed by atoms with Crippen LogP contribution in [0.15, 0.2) is 24.3 Å². The normalized spacial score (nSPS) is 13.0. The average molecular weight is 234 g/mol. The van der Waals surface area contributed by atoms with Crippen LogP contribution in [0.5, 0.6) is 0 Å². The Labute approximate surface area is 106 Å². The van der Waals surface area contributed by atoms with Crippen molar-refractivity contribution in [2.45, 2.75) is 39.8 Å². The molecule has 1 aromatic carbocycles. The monoisotopic (exact) mass is 234 g/mol. The molecular weight excluding hydrogens is 208 g/mol. The van der Waals surface area contributed by atoms with Crippen molar-refractivity contribution >= 4 is 0 Å². The SMILES string of the molecule is CCC(C)NCCN(C)Cc1ccccc1C. The third-order valence-electron chi connectivity index (χ3n) is 3.30. The van der Waals surface area contributed by atoms with Crippen LogP contribution >= 0.6 is 0 Å². The Balaban J connectivity index is 2.30. The van der Waals surface area contributed by atoms with Gasteiger partial charge in [0.1, 0.15) is 0 Å². The van der Waals surface area contributed by atoms with Gasteiger partial charge in [-0.3, -0.25) is 0 Å². The summed E-state index contributed by atoms with van der Waals surface area (Å²) in [7, 11) is 2.19. The van der Waals surface area contributed by atoms with Gasteiger partial charge in [0.2, 0.25) is 0 Å². The quantitative estimate of drug-likeness (QED) is 0.780. The third-order valence-corrected chi connectivity index (χ3v) is 3.30. The molecule has 1 unspecified atom stereocenters. The second-order valence-corrected chi connectivity index (χ2v) is 4.93. The van der Waals surface area contributed by atoms with Gasteiger partial charge in [0.15, 0.2) is 0 Å². The maximum Gasteiger partial charge on any atom is 0.0233 e. The highest BCUT2D eigenvalue weighted by molar-refractivity contribution is 5.25. The molecule has 0 amide bonds. The molecule has 2 nitrogen and oxygen atoms in total. The number of nitrogens with zero attached hydrogens (tertiary/aromatic N) is 1. The predicted molar refractivity (Wildman–Crippen MR) is 75.3 cm³/mol. The van der Waals surface area contributed by atoms with E-state index in [1.54, 1.807) is 0 Å². The summed E-state index contributed by atoms with van der Waals surface area (Å²) in [5, 5.41) is 3.52. The second kappa shape index (κ2) is 7.46. The Morgan fingerprint density at radius 1 is 1.29 bits per heavy atom. The zero-order chi connectivity index (χ0) is 12.7. The molecule has 0 bridgehead atoms. The molecule has 96 valence electrons. The fraction of sp³-hybridized carbons (Fsp3) is 0.600. The summed E-state index contributed by atoms with van der Waals surface area (Å²) < 4.78 is 0. The molecule has 2 heteroatoms. The zero-order valence-corrected chi connectivity index (χ0v) is 11.7. The van der Waals surface area contributed by atoms with E-state index in [9.17, 15) is 0 Å². The largest absolute Gasteiger partial charge is 0.313 e. The molecule has 0 aliphatic heterocycles. The van der Waals surface area contributed by atoms with Crippen LogP contribution in [0.25, 0.3) is 0 Å². The van der Waals surface area contributed by atoms with Gasteiger partial charge in [-0.05, 0) is 38.4 Å². The summed E-state index contributed by atoms with van der Waals surface area (Å²) >= 11 is 0. The molecular formula is C15H26N2. The van der Waals surface area contributed by atoms with E-state index in [2.05, 4.69) is 62.3 Å². The first-order chi connectivity index (χ1) is 8.13. The Morgan fingerprint density at radius 2 is 2.00 bits per heavy atom. The maximum atomic E-state index is 3.52. The van der Waals surface area contributed by atoms with Crippen molar-refractivity contribution in [1.29, 1.82) is 0 Å². The van der Waals surface area contributed by atoms with Gasteiger partial charge in [0.25, 0.3) is 0 Å². The molecule has 1 N–H and O–H groups in total. The minimum absolute atomic E-state index is 0.627. The van der Waals surface area contributed by atoms with E-state index >= 15 is 0 Å². The average Bonchev–Trinajstić information content (AvgIpc) is 2.32. The second-order valence-electron chi connectivity index (χ2n) is 4.93. The van der Waals surface area contributed by atoms with Crippen LogP contribution in [0.2, 0.25) is 0 Å². The van der Waals surface area contributed by atoms with Crippen molar-refractivity contribution in [3.63, 3.8) is 0 Å². The Morgan fingerprint density at radius 3 is 2.65 bits per heavy atom. The van der Waals surface area contributed by atoms with E-state index in [1.165, 1.54) is 17.5 Å². The van der Waals surface area contributed by atoms with Gasteiger partial charge < -0.3 is 10.2 Å². The van der Waals surface area contributed by atoms with Crippen molar-refractivity contribution in [1.82, 2.24) is 10.2 Å². The molecule has 0 radical (unpaired) electrons. The molecule has 1 rings (SSSR count). The van der Waals surface area contributed by atoms with Crippen LogP contribution in [-0.4, -0.2) is 31.1 Å². The Hall–Kier alpha value is -0.860. The van der Waals surface area contributed by atoms with Gasteiger partial charge in [-0.2, -0.15) is 0 Å². The van der Waals surface area contributed by atoms with Crippen molar-refractivity contribution in [3.8, 4) is 0 Å². The standard InChI is InChI=1S/C15H26N2/c1-5-14(3)16-10-11-17(4)12-15-9-7-6-8-13(15)2/h6-9,14,16H,5,10-12H2,1-4H3. The molecule has 0 heterocycles. The highest BCUT2D eigenvalue weighted by Gasteiger charge is 2.03. The molecule has 0 aliphatic rings. The van der Waals surface area contributed by atoms with Crippen molar-refractivity contribution in [2.75, 3.05) is 20.1 Å². The van der Waals surface area contributed by atoms with Crippen molar-refractivity contribution in [2.24, 2.45) is 0 Å². The zero-order valence-electron chi connectivity index (χ0n) is 11.7. The molecule has 0 fully saturated rings. The summed E-state index contributed by atoms with van der Waals surface area (Å²) in [6, 6.07) is 9.24. The molecule has 0 saturated carbocycles. The van der Waals surface area contributed by atoms with Crippen molar-refractivity contribution < 1.29 is 0 Å². The predicted octanol–water partition coefficient (Wildman–Crippen LogP) is 2.81.